The van der Waals surface area contributed by atoms with Gasteiger partial charge in [-0.25, -0.2) is 0 Å². The van der Waals surface area contributed by atoms with E-state index in [9.17, 15) is 0 Å². The van der Waals surface area contributed by atoms with Crippen molar-refractivity contribution in [3.8, 4) is 5.75 Å². The number of ether oxygens (including phenoxy) is 2. The molecule has 1 aromatic rings. The molecule has 1 N–H and O–H groups in total. The molecule has 1 saturated heterocycles. The van der Waals surface area contributed by atoms with E-state index in [1.54, 1.807) is 14.2 Å². The summed E-state index contributed by atoms with van der Waals surface area (Å²) in [5.41, 5.74) is 1.37. The molecule has 2 rings (SSSR count). The topological polar surface area (TPSA) is 46.1 Å². The van der Waals surface area contributed by atoms with Crippen LogP contribution in [0.3, 0.4) is 0 Å². The molecule has 1 aliphatic heterocycles. The van der Waals surface area contributed by atoms with Crippen molar-refractivity contribution in [3.05, 3.63) is 29.8 Å². The predicted octanol–water partition coefficient (Wildman–Crippen LogP) is 2.32. The molecule has 124 valence electrons. The van der Waals surface area contributed by atoms with E-state index in [1.165, 1.54) is 5.56 Å². The van der Waals surface area contributed by atoms with Crippen LogP contribution in [0.1, 0.15) is 17.9 Å². The molecular formula is C16H26IN3O2. The Kier molecular flexibility index (Phi) is 8.55. The van der Waals surface area contributed by atoms with Gasteiger partial charge >= 0.3 is 0 Å². The highest BCUT2D eigenvalue weighted by Gasteiger charge is 2.25. The maximum Gasteiger partial charge on any atom is 0.193 e. The number of nitrogens with one attached hydrogen (secondary N) is 1. The summed E-state index contributed by atoms with van der Waals surface area (Å²) in [5, 5.41) is 3.33. The fraction of sp³-hybridized carbons (Fsp3) is 0.562. The SMILES string of the molecule is CN=C(NCCOC)N1CCC(c2ccc(OC)cc2)C1.I. The molecule has 5 nitrogen and oxygen atoms in total. The summed E-state index contributed by atoms with van der Waals surface area (Å²) in [7, 11) is 5.23. The Morgan fingerprint density at radius 3 is 2.64 bits per heavy atom. The van der Waals surface area contributed by atoms with Crippen molar-refractivity contribution >= 4 is 29.9 Å². The molecule has 0 bridgehead atoms. The van der Waals surface area contributed by atoms with Crippen LogP contribution in [-0.2, 0) is 4.74 Å². The molecule has 0 amide bonds. The Hall–Kier alpha value is -1.02. The van der Waals surface area contributed by atoms with Gasteiger partial charge in [0.25, 0.3) is 0 Å². The van der Waals surface area contributed by atoms with E-state index in [2.05, 4.69) is 27.3 Å². The molecule has 0 spiro atoms. The van der Waals surface area contributed by atoms with E-state index in [4.69, 9.17) is 9.47 Å². The lowest BCUT2D eigenvalue weighted by Gasteiger charge is -2.21. The van der Waals surface area contributed by atoms with Crippen molar-refractivity contribution in [3.63, 3.8) is 0 Å². The molecule has 6 heteroatoms. The summed E-state index contributed by atoms with van der Waals surface area (Å²) < 4.78 is 10.3. The summed E-state index contributed by atoms with van der Waals surface area (Å²) in [4.78, 5) is 6.66. The Bertz CT molecular complexity index is 465. The number of hydrogen-bond donors (Lipinski definition) is 1. The van der Waals surface area contributed by atoms with Gasteiger partial charge in [0.05, 0.1) is 13.7 Å². The molecule has 0 saturated carbocycles. The van der Waals surface area contributed by atoms with Crippen molar-refractivity contribution in [1.29, 1.82) is 0 Å². The summed E-state index contributed by atoms with van der Waals surface area (Å²) >= 11 is 0. The highest BCUT2D eigenvalue weighted by molar-refractivity contribution is 14.0. The lowest BCUT2D eigenvalue weighted by Crippen LogP contribution is -2.41. The number of aliphatic imine (C=N–C) groups is 1. The number of guanidine groups is 1. The summed E-state index contributed by atoms with van der Waals surface area (Å²) in [6.07, 6.45) is 1.15. The molecule has 1 aliphatic rings. The average Bonchev–Trinajstić information content (AvgIpc) is 3.01. The first-order valence-electron chi connectivity index (χ1n) is 7.37. The van der Waals surface area contributed by atoms with Crippen LogP contribution in [0.25, 0.3) is 0 Å². The number of likely N-dealkylation sites (tertiary alicyclic amines) is 1. The van der Waals surface area contributed by atoms with Gasteiger partial charge in [-0.2, -0.15) is 0 Å². The first-order chi connectivity index (χ1) is 10.3. The first-order valence-corrected chi connectivity index (χ1v) is 7.37. The third-order valence-corrected chi connectivity index (χ3v) is 3.88. The molecule has 1 atom stereocenters. The first kappa shape index (κ1) is 19.0. The van der Waals surface area contributed by atoms with Gasteiger partial charge in [-0.1, -0.05) is 12.1 Å². The summed E-state index contributed by atoms with van der Waals surface area (Å²) in [5.74, 6) is 2.42. The molecule has 1 heterocycles. The minimum Gasteiger partial charge on any atom is -0.497 e. The van der Waals surface area contributed by atoms with Crippen LogP contribution in [0.4, 0.5) is 0 Å². The second-order valence-corrected chi connectivity index (χ2v) is 5.17. The fourth-order valence-corrected chi connectivity index (χ4v) is 2.70. The molecule has 0 aliphatic carbocycles. The van der Waals surface area contributed by atoms with E-state index in [0.29, 0.717) is 12.5 Å². The minimum absolute atomic E-state index is 0. The van der Waals surface area contributed by atoms with Crippen LogP contribution >= 0.6 is 24.0 Å². The lowest BCUT2D eigenvalue weighted by atomic mass is 9.98. The Balaban J connectivity index is 0.00000242. The zero-order chi connectivity index (χ0) is 15.1. The minimum atomic E-state index is 0. The molecule has 1 aromatic carbocycles. The van der Waals surface area contributed by atoms with Gasteiger partial charge in [0, 0.05) is 39.7 Å². The normalized spacial score (nSPS) is 18.0. The Morgan fingerprint density at radius 1 is 1.32 bits per heavy atom. The second-order valence-electron chi connectivity index (χ2n) is 5.17. The number of rotatable bonds is 5. The van der Waals surface area contributed by atoms with Crippen LogP contribution in [0.15, 0.2) is 29.3 Å². The molecule has 0 radical (unpaired) electrons. The van der Waals surface area contributed by atoms with E-state index >= 15 is 0 Å². The van der Waals surface area contributed by atoms with Crippen molar-refractivity contribution in [2.75, 3.05) is 47.5 Å². The van der Waals surface area contributed by atoms with Crippen molar-refractivity contribution in [1.82, 2.24) is 10.2 Å². The van der Waals surface area contributed by atoms with Gasteiger partial charge in [0.2, 0.25) is 0 Å². The van der Waals surface area contributed by atoms with Crippen molar-refractivity contribution in [2.24, 2.45) is 4.99 Å². The molecular weight excluding hydrogens is 393 g/mol. The number of nitrogens with zero attached hydrogens (tertiary/aromatic N) is 2. The smallest absolute Gasteiger partial charge is 0.193 e. The predicted molar refractivity (Wildman–Crippen MR) is 101 cm³/mol. The average molecular weight is 419 g/mol. The summed E-state index contributed by atoms with van der Waals surface area (Å²) in [6, 6.07) is 8.38. The quantitative estimate of drug-likeness (QED) is 0.345. The van der Waals surface area contributed by atoms with Gasteiger partial charge in [-0.05, 0) is 24.1 Å². The van der Waals surface area contributed by atoms with Crippen LogP contribution in [0.5, 0.6) is 5.75 Å². The third-order valence-electron chi connectivity index (χ3n) is 3.88. The van der Waals surface area contributed by atoms with Gasteiger partial charge in [0.15, 0.2) is 5.96 Å². The van der Waals surface area contributed by atoms with Gasteiger partial charge in [-0.15, -0.1) is 24.0 Å². The number of benzene rings is 1. The lowest BCUT2D eigenvalue weighted by molar-refractivity contribution is 0.203. The van der Waals surface area contributed by atoms with Gasteiger partial charge < -0.3 is 19.7 Å². The molecule has 0 aromatic heterocycles. The van der Waals surface area contributed by atoms with E-state index < -0.39 is 0 Å². The van der Waals surface area contributed by atoms with Crippen molar-refractivity contribution < 1.29 is 9.47 Å². The standard InChI is InChI=1S/C16H25N3O2.HI/c1-17-16(18-9-11-20-2)19-10-8-14(12-19)13-4-6-15(21-3)7-5-13;/h4-7,14H,8-12H2,1-3H3,(H,17,18);1H. The van der Waals surface area contributed by atoms with E-state index in [1.807, 2.05) is 19.2 Å². The zero-order valence-electron chi connectivity index (χ0n) is 13.5. The number of halogens is 1. The number of methoxy groups -OCH3 is 2. The molecule has 22 heavy (non-hydrogen) atoms. The Morgan fingerprint density at radius 2 is 2.05 bits per heavy atom. The Labute approximate surface area is 150 Å². The second kappa shape index (κ2) is 9.89. The van der Waals surface area contributed by atoms with Gasteiger partial charge in [0.1, 0.15) is 5.75 Å². The molecule has 1 unspecified atom stereocenters. The summed E-state index contributed by atoms with van der Waals surface area (Å²) in [6.45, 7) is 3.50. The van der Waals surface area contributed by atoms with Crippen LogP contribution in [0, 0.1) is 0 Å². The van der Waals surface area contributed by atoms with Crippen LogP contribution < -0.4 is 10.1 Å². The number of hydrogen-bond acceptors (Lipinski definition) is 3. The zero-order valence-corrected chi connectivity index (χ0v) is 15.9. The maximum atomic E-state index is 5.21. The van der Waals surface area contributed by atoms with Crippen molar-refractivity contribution in [2.45, 2.75) is 12.3 Å². The highest BCUT2D eigenvalue weighted by atomic mass is 127. The van der Waals surface area contributed by atoms with Crippen LogP contribution in [-0.4, -0.2) is 58.4 Å². The maximum absolute atomic E-state index is 5.21. The largest absolute Gasteiger partial charge is 0.497 e. The monoisotopic (exact) mass is 419 g/mol. The highest BCUT2D eigenvalue weighted by Crippen LogP contribution is 2.28. The van der Waals surface area contributed by atoms with E-state index in [0.717, 1.165) is 37.8 Å². The third kappa shape index (κ3) is 5.01. The van der Waals surface area contributed by atoms with Crippen LogP contribution in [0.2, 0.25) is 0 Å². The van der Waals surface area contributed by atoms with Gasteiger partial charge in [-0.3, -0.25) is 4.99 Å². The van der Waals surface area contributed by atoms with E-state index in [-0.39, 0.29) is 24.0 Å². The molecule has 1 fully saturated rings. The fourth-order valence-electron chi connectivity index (χ4n) is 2.70.